The minimum absolute atomic E-state index is 0.152. The van der Waals surface area contributed by atoms with Gasteiger partial charge in [-0.3, -0.25) is 19.9 Å². The molecule has 0 atom stereocenters. The smallest absolute Gasteiger partial charge is 0.321 e. The quantitative estimate of drug-likeness (QED) is 0.287. The molecule has 4 N–H and O–H groups in total. The Labute approximate surface area is 228 Å². The van der Waals surface area contributed by atoms with Crippen molar-refractivity contribution in [3.05, 3.63) is 48.7 Å². The highest BCUT2D eigenvalue weighted by atomic mass is 16.2. The normalized spacial score (nSPS) is 14.1. The molecule has 1 saturated heterocycles. The van der Waals surface area contributed by atoms with Gasteiger partial charge in [-0.15, -0.1) is 0 Å². The number of aromatic amines is 1. The number of pyridine rings is 3. The first-order valence-corrected chi connectivity index (χ1v) is 12.7. The summed E-state index contributed by atoms with van der Waals surface area (Å²) in [6.07, 6.45) is 8.06. The molecule has 0 spiro atoms. The highest BCUT2D eigenvalue weighted by Gasteiger charge is 2.22. The van der Waals surface area contributed by atoms with E-state index < -0.39 is 0 Å². The largest absolute Gasteiger partial charge is 0.345 e. The minimum atomic E-state index is -0.228. The van der Waals surface area contributed by atoms with Crippen LogP contribution in [0.25, 0.3) is 44.7 Å². The van der Waals surface area contributed by atoms with Crippen molar-refractivity contribution in [1.29, 1.82) is 0 Å². The predicted octanol–water partition coefficient (Wildman–Crippen LogP) is 1.63. The van der Waals surface area contributed by atoms with E-state index in [9.17, 15) is 9.59 Å². The van der Waals surface area contributed by atoms with E-state index in [4.69, 9.17) is 10.8 Å². The van der Waals surface area contributed by atoms with Crippen LogP contribution in [-0.2, 0) is 0 Å². The number of urea groups is 1. The summed E-state index contributed by atoms with van der Waals surface area (Å²) >= 11 is 0. The summed E-state index contributed by atoms with van der Waals surface area (Å²) in [5.41, 5.74) is 4.42. The summed E-state index contributed by atoms with van der Waals surface area (Å²) in [6.45, 7) is 3.02. The molecule has 5 aromatic rings. The fourth-order valence-corrected chi connectivity index (χ4v) is 4.69. The van der Waals surface area contributed by atoms with Crippen LogP contribution in [0, 0.1) is 0 Å². The number of piperazine rings is 1. The van der Waals surface area contributed by atoms with E-state index >= 15 is 0 Å². The van der Waals surface area contributed by atoms with Crippen molar-refractivity contribution in [2.24, 2.45) is 0 Å². The maximum atomic E-state index is 12.8. The number of likely N-dealkylation sites (N-methyl/N-ethyl adjacent to an activating group) is 1. The van der Waals surface area contributed by atoms with E-state index in [0.717, 1.165) is 24.2 Å². The molecule has 1 aliphatic rings. The number of nitrogens with zero attached hydrogens (tertiary/aromatic N) is 9. The van der Waals surface area contributed by atoms with Crippen molar-refractivity contribution < 1.29 is 9.59 Å². The van der Waals surface area contributed by atoms with Crippen LogP contribution in [0.5, 0.6) is 0 Å². The predicted molar refractivity (Wildman–Crippen MR) is 150 cm³/mol. The molecule has 6 rings (SSSR count). The Balaban J connectivity index is 1.34. The Kier molecular flexibility index (Phi) is 6.23. The van der Waals surface area contributed by atoms with Crippen molar-refractivity contribution in [3.63, 3.8) is 0 Å². The van der Waals surface area contributed by atoms with E-state index in [0.29, 0.717) is 57.9 Å². The lowest BCUT2D eigenvalue weighted by Crippen LogP contribution is -2.48. The molecule has 0 bridgehead atoms. The molecule has 3 amide bonds. The standard InChI is InChI=1S/C26H28N12O2/c1-35(2)25(39)19-13-29-14-20-21(19)32-24(38(20)27)22-18-9-16(11-30-23(18)34-33-22)15-8-17(12-28-10-15)31-26(40)37-6-4-36(3)5-7-37/h8-14H,4-7,27H2,1-3H3,(H,31,40)(H,30,33,34). The number of hydrogen-bond acceptors (Lipinski definition) is 9. The van der Waals surface area contributed by atoms with Crippen LogP contribution >= 0.6 is 0 Å². The number of imidazole rings is 1. The molecule has 6 heterocycles. The highest BCUT2D eigenvalue weighted by molar-refractivity contribution is 6.05. The number of nitrogen functional groups attached to an aromatic ring is 1. The summed E-state index contributed by atoms with van der Waals surface area (Å²) in [5, 5.41) is 10.9. The second-order valence-corrected chi connectivity index (χ2v) is 9.94. The third-order valence-corrected chi connectivity index (χ3v) is 6.99. The zero-order valence-electron chi connectivity index (χ0n) is 22.3. The Morgan fingerprint density at radius 1 is 1.00 bits per heavy atom. The van der Waals surface area contributed by atoms with E-state index in [-0.39, 0.29) is 11.9 Å². The average Bonchev–Trinajstić information content (AvgIpc) is 3.53. The first kappa shape index (κ1) is 25.2. The van der Waals surface area contributed by atoms with E-state index in [2.05, 4.69) is 35.4 Å². The van der Waals surface area contributed by atoms with Gasteiger partial charge in [0.05, 0.1) is 29.0 Å². The van der Waals surface area contributed by atoms with Crippen molar-refractivity contribution in [2.45, 2.75) is 0 Å². The molecule has 14 heteroatoms. The van der Waals surface area contributed by atoms with Gasteiger partial charge in [0.15, 0.2) is 11.5 Å². The molecule has 40 heavy (non-hydrogen) atoms. The van der Waals surface area contributed by atoms with Crippen LogP contribution in [0.3, 0.4) is 0 Å². The molecular formula is C26H28N12O2. The molecule has 0 radical (unpaired) electrons. The number of aromatic nitrogens is 7. The van der Waals surface area contributed by atoms with Crippen LogP contribution in [0.15, 0.2) is 43.1 Å². The van der Waals surface area contributed by atoms with Gasteiger partial charge in [-0.1, -0.05) is 0 Å². The lowest BCUT2D eigenvalue weighted by Gasteiger charge is -2.32. The maximum absolute atomic E-state index is 12.8. The van der Waals surface area contributed by atoms with Crippen molar-refractivity contribution in [2.75, 3.05) is 58.5 Å². The summed E-state index contributed by atoms with van der Waals surface area (Å²) in [7, 11) is 5.38. The number of rotatable bonds is 4. The van der Waals surface area contributed by atoms with Crippen molar-refractivity contribution in [3.8, 4) is 22.6 Å². The summed E-state index contributed by atoms with van der Waals surface area (Å²) < 4.78 is 1.38. The number of carbonyl (C=O) groups is 2. The molecule has 1 fully saturated rings. The molecule has 0 unspecified atom stereocenters. The van der Waals surface area contributed by atoms with Crippen LogP contribution < -0.4 is 11.2 Å². The van der Waals surface area contributed by atoms with Crippen LogP contribution in [0.2, 0.25) is 0 Å². The monoisotopic (exact) mass is 540 g/mol. The highest BCUT2D eigenvalue weighted by Crippen LogP contribution is 2.31. The molecule has 14 nitrogen and oxygen atoms in total. The average molecular weight is 541 g/mol. The summed E-state index contributed by atoms with van der Waals surface area (Å²) in [5.74, 6) is 6.56. The Hall–Kier alpha value is -5.11. The molecule has 0 aromatic carbocycles. The van der Waals surface area contributed by atoms with E-state index in [1.54, 1.807) is 43.8 Å². The summed E-state index contributed by atoms with van der Waals surface area (Å²) in [4.78, 5) is 48.6. The minimum Gasteiger partial charge on any atom is -0.345 e. The number of amides is 3. The van der Waals surface area contributed by atoms with Crippen LogP contribution in [-0.4, -0.2) is 109 Å². The van der Waals surface area contributed by atoms with Gasteiger partial charge in [0.25, 0.3) is 5.91 Å². The number of hydrogen-bond donors (Lipinski definition) is 3. The first-order chi connectivity index (χ1) is 19.3. The second-order valence-electron chi connectivity index (χ2n) is 9.94. The van der Waals surface area contributed by atoms with E-state index in [1.807, 2.05) is 19.2 Å². The van der Waals surface area contributed by atoms with E-state index in [1.165, 1.54) is 15.8 Å². The van der Waals surface area contributed by atoms with Gasteiger partial charge in [-0.05, 0) is 19.2 Å². The number of nitrogens with two attached hydrogens (primary N) is 1. The fraction of sp³-hybridized carbons (Fsp3) is 0.269. The number of H-pyrrole nitrogens is 1. The van der Waals surface area contributed by atoms with Gasteiger partial charge < -0.3 is 25.9 Å². The number of carbonyl (C=O) groups excluding carboxylic acids is 2. The van der Waals surface area contributed by atoms with Crippen LogP contribution in [0.4, 0.5) is 10.5 Å². The van der Waals surface area contributed by atoms with Crippen LogP contribution in [0.1, 0.15) is 10.4 Å². The Morgan fingerprint density at radius 3 is 2.52 bits per heavy atom. The second kappa shape index (κ2) is 9.89. The van der Waals surface area contributed by atoms with Gasteiger partial charge >= 0.3 is 6.03 Å². The zero-order chi connectivity index (χ0) is 28.0. The van der Waals surface area contributed by atoms with Gasteiger partial charge in [-0.2, -0.15) is 5.10 Å². The van der Waals surface area contributed by atoms with Gasteiger partial charge in [0.1, 0.15) is 16.7 Å². The number of anilines is 1. The fourth-order valence-electron chi connectivity index (χ4n) is 4.69. The molecular weight excluding hydrogens is 512 g/mol. The molecule has 0 aliphatic carbocycles. The number of fused-ring (bicyclic) bond motifs is 2. The van der Waals surface area contributed by atoms with Crippen molar-refractivity contribution >= 4 is 39.7 Å². The first-order valence-electron chi connectivity index (χ1n) is 12.7. The molecule has 5 aromatic heterocycles. The Morgan fingerprint density at radius 2 is 1.75 bits per heavy atom. The van der Waals surface area contributed by atoms with Gasteiger partial charge in [0, 0.05) is 70.0 Å². The third-order valence-electron chi connectivity index (χ3n) is 6.99. The van der Waals surface area contributed by atoms with Crippen molar-refractivity contribution in [1.82, 2.24) is 49.5 Å². The molecule has 204 valence electrons. The number of nitrogens with one attached hydrogen (secondary N) is 2. The third kappa shape index (κ3) is 4.43. The van der Waals surface area contributed by atoms with Gasteiger partial charge in [0.2, 0.25) is 0 Å². The SMILES string of the molecule is CN1CCN(C(=O)Nc2cncc(-c3cnc4n[nH]c(-c5nc6c(C(=O)N(C)C)cncc6n5N)c4c3)c2)CC1. The molecule has 1 aliphatic heterocycles. The van der Waals surface area contributed by atoms with Gasteiger partial charge in [-0.25, -0.2) is 19.4 Å². The topological polar surface area (TPSA) is 167 Å². The molecule has 0 saturated carbocycles. The zero-order valence-corrected chi connectivity index (χ0v) is 22.3. The maximum Gasteiger partial charge on any atom is 0.321 e. The summed E-state index contributed by atoms with van der Waals surface area (Å²) in [6, 6.07) is 3.61. The lowest BCUT2D eigenvalue weighted by atomic mass is 10.1. The Bertz CT molecular complexity index is 1750. The lowest BCUT2D eigenvalue weighted by molar-refractivity contribution is 0.0829.